The number of nitrogens with zero attached hydrogens (tertiary/aromatic N) is 1. The fourth-order valence-corrected chi connectivity index (χ4v) is 3.78. The van der Waals surface area contributed by atoms with Gasteiger partial charge in [-0.2, -0.15) is 0 Å². The van der Waals surface area contributed by atoms with Crippen molar-refractivity contribution in [3.05, 3.63) is 93.3 Å². The topological polar surface area (TPSA) is 68.3 Å². The summed E-state index contributed by atoms with van der Waals surface area (Å²) in [6.07, 6.45) is 0. The van der Waals surface area contributed by atoms with Gasteiger partial charge in [0.2, 0.25) is 5.89 Å². The second kappa shape index (κ2) is 8.27. The number of oxazole rings is 1. The highest BCUT2D eigenvalue weighted by Gasteiger charge is 2.15. The van der Waals surface area contributed by atoms with Gasteiger partial charge in [0.1, 0.15) is 11.3 Å². The summed E-state index contributed by atoms with van der Waals surface area (Å²) < 4.78 is 12.8. The molecule has 0 saturated heterocycles. The van der Waals surface area contributed by atoms with Crippen LogP contribution in [0.3, 0.4) is 0 Å². The van der Waals surface area contributed by atoms with E-state index in [-0.39, 0.29) is 11.7 Å². The fourth-order valence-electron chi connectivity index (χ4n) is 3.42. The van der Waals surface area contributed by atoms with E-state index >= 15 is 0 Å². The van der Waals surface area contributed by atoms with E-state index in [1.165, 1.54) is 11.1 Å². The van der Waals surface area contributed by atoms with Gasteiger partial charge in [0.25, 0.3) is 5.91 Å². The highest BCUT2D eigenvalue weighted by molar-refractivity contribution is 14.1. The zero-order chi connectivity index (χ0) is 22.2. The molecule has 0 spiro atoms. The molecule has 158 valence electrons. The number of amides is 1. The van der Waals surface area contributed by atoms with Gasteiger partial charge in [-0.3, -0.25) is 4.79 Å². The molecule has 0 bridgehead atoms. The maximum Gasteiger partial charge on any atom is 0.291 e. The van der Waals surface area contributed by atoms with E-state index in [0.29, 0.717) is 28.4 Å². The van der Waals surface area contributed by atoms with E-state index in [1.807, 2.05) is 42.5 Å². The Morgan fingerprint density at radius 2 is 1.62 bits per heavy atom. The summed E-state index contributed by atoms with van der Waals surface area (Å²) in [5, 5.41) is 2.88. The molecule has 0 aliphatic rings. The molecule has 0 aliphatic carbocycles. The molecule has 1 amide bonds. The second-order valence-corrected chi connectivity index (χ2v) is 8.87. The maximum absolute atomic E-state index is 12.7. The van der Waals surface area contributed by atoms with E-state index < -0.39 is 0 Å². The minimum atomic E-state index is -0.319. The van der Waals surface area contributed by atoms with Gasteiger partial charge in [-0.15, -0.1) is 0 Å². The SMILES string of the molecule is Cc1ccc(-c2ccc(C(=O)Nc3ccc4oc(-c5ccc(I)cc5)nc4c3)o2)cc1C. The van der Waals surface area contributed by atoms with Crippen molar-refractivity contribution in [3.63, 3.8) is 0 Å². The van der Waals surface area contributed by atoms with E-state index in [2.05, 4.69) is 52.8 Å². The Kier molecular flexibility index (Phi) is 5.30. The lowest BCUT2D eigenvalue weighted by Gasteiger charge is -2.04. The monoisotopic (exact) mass is 534 g/mol. The molecule has 0 aliphatic heterocycles. The molecular weight excluding hydrogens is 515 g/mol. The molecule has 6 heteroatoms. The number of fused-ring (bicyclic) bond motifs is 1. The predicted molar refractivity (Wildman–Crippen MR) is 134 cm³/mol. The van der Waals surface area contributed by atoms with Gasteiger partial charge in [-0.25, -0.2) is 4.98 Å². The number of rotatable bonds is 4. The van der Waals surface area contributed by atoms with Crippen LogP contribution in [0.1, 0.15) is 21.7 Å². The molecule has 0 unspecified atom stereocenters. The maximum atomic E-state index is 12.7. The van der Waals surface area contributed by atoms with Gasteiger partial charge in [-0.05, 0) is 108 Å². The molecule has 5 aromatic rings. The van der Waals surface area contributed by atoms with Crippen molar-refractivity contribution in [1.29, 1.82) is 0 Å². The summed E-state index contributed by atoms with van der Waals surface area (Å²) in [6, 6.07) is 22.9. The smallest absolute Gasteiger partial charge is 0.291 e. The molecule has 0 radical (unpaired) electrons. The van der Waals surface area contributed by atoms with E-state index in [4.69, 9.17) is 8.83 Å². The standard InChI is InChI=1S/C26H19IN2O3/c1-15-3-4-18(13-16(15)2)22-11-12-24(31-22)25(30)28-20-9-10-23-21(14-20)29-26(32-23)17-5-7-19(27)8-6-17/h3-14H,1-2H3,(H,28,30). The number of halogens is 1. The van der Waals surface area contributed by atoms with Gasteiger partial charge >= 0.3 is 0 Å². The Bertz CT molecular complexity index is 1450. The van der Waals surface area contributed by atoms with Crippen LogP contribution < -0.4 is 5.32 Å². The van der Waals surface area contributed by atoms with Crippen LogP contribution in [0.2, 0.25) is 0 Å². The summed E-state index contributed by atoms with van der Waals surface area (Å²) in [4.78, 5) is 17.3. The largest absolute Gasteiger partial charge is 0.451 e. The van der Waals surface area contributed by atoms with Gasteiger partial charge in [0.15, 0.2) is 11.3 Å². The van der Waals surface area contributed by atoms with Crippen molar-refractivity contribution in [2.24, 2.45) is 0 Å². The zero-order valence-corrected chi connectivity index (χ0v) is 19.6. The van der Waals surface area contributed by atoms with Crippen LogP contribution in [-0.2, 0) is 0 Å². The lowest BCUT2D eigenvalue weighted by molar-refractivity contribution is 0.0997. The third-order valence-corrected chi connectivity index (χ3v) is 6.08. The molecule has 32 heavy (non-hydrogen) atoms. The van der Waals surface area contributed by atoms with E-state index in [0.717, 1.165) is 14.7 Å². The first-order valence-corrected chi connectivity index (χ1v) is 11.2. The molecule has 0 fully saturated rings. The van der Waals surface area contributed by atoms with Crippen LogP contribution in [0.5, 0.6) is 0 Å². The van der Waals surface area contributed by atoms with Crippen LogP contribution in [0.4, 0.5) is 5.69 Å². The average molecular weight is 534 g/mol. The van der Waals surface area contributed by atoms with Crippen molar-refractivity contribution in [1.82, 2.24) is 4.98 Å². The Morgan fingerprint density at radius 3 is 2.41 bits per heavy atom. The van der Waals surface area contributed by atoms with Crippen LogP contribution >= 0.6 is 22.6 Å². The fraction of sp³-hybridized carbons (Fsp3) is 0.0769. The van der Waals surface area contributed by atoms with Gasteiger partial charge in [0.05, 0.1) is 0 Å². The third-order valence-electron chi connectivity index (χ3n) is 5.36. The number of nitrogens with one attached hydrogen (secondary N) is 1. The lowest BCUT2D eigenvalue weighted by atomic mass is 10.1. The molecule has 1 N–H and O–H groups in total. The van der Waals surface area contributed by atoms with Crippen LogP contribution in [0.25, 0.3) is 33.9 Å². The number of carbonyl (C=O) groups excluding carboxylic acids is 1. The molecular formula is C26H19IN2O3. The predicted octanol–water partition coefficient (Wildman–Crippen LogP) is 7.23. The number of carbonyl (C=O) groups is 1. The quantitative estimate of drug-likeness (QED) is 0.247. The van der Waals surface area contributed by atoms with Crippen LogP contribution in [-0.4, -0.2) is 10.9 Å². The Balaban J connectivity index is 1.36. The first-order valence-electron chi connectivity index (χ1n) is 10.1. The normalized spacial score (nSPS) is 11.1. The third kappa shape index (κ3) is 4.05. The van der Waals surface area contributed by atoms with Gasteiger partial charge in [0, 0.05) is 20.4 Å². The number of anilines is 1. The number of aromatic nitrogens is 1. The Morgan fingerprint density at radius 1 is 0.844 bits per heavy atom. The Hall–Kier alpha value is -3.39. The van der Waals surface area contributed by atoms with Crippen molar-refractivity contribution >= 4 is 45.3 Å². The number of hydrogen-bond donors (Lipinski definition) is 1. The second-order valence-electron chi connectivity index (χ2n) is 7.63. The molecule has 5 rings (SSSR count). The first kappa shape index (κ1) is 20.5. The molecule has 3 aromatic carbocycles. The van der Waals surface area contributed by atoms with Gasteiger partial charge in [-0.1, -0.05) is 12.1 Å². The summed E-state index contributed by atoms with van der Waals surface area (Å²) in [5.74, 6) is 1.13. The number of furan rings is 1. The summed E-state index contributed by atoms with van der Waals surface area (Å²) in [5.41, 5.74) is 6.19. The van der Waals surface area contributed by atoms with Crippen LogP contribution in [0.15, 0.2) is 81.6 Å². The van der Waals surface area contributed by atoms with Gasteiger partial charge < -0.3 is 14.2 Å². The van der Waals surface area contributed by atoms with Crippen molar-refractivity contribution < 1.29 is 13.6 Å². The lowest BCUT2D eigenvalue weighted by Crippen LogP contribution is -2.10. The molecule has 0 atom stereocenters. The number of benzene rings is 3. The molecule has 0 saturated carbocycles. The minimum absolute atomic E-state index is 0.248. The number of aryl methyl sites for hydroxylation is 2. The van der Waals surface area contributed by atoms with Crippen molar-refractivity contribution in [2.45, 2.75) is 13.8 Å². The summed E-state index contributed by atoms with van der Waals surface area (Å²) in [7, 11) is 0. The Labute approximate surface area is 198 Å². The highest BCUT2D eigenvalue weighted by atomic mass is 127. The first-order chi connectivity index (χ1) is 15.5. The number of hydrogen-bond acceptors (Lipinski definition) is 4. The van der Waals surface area contributed by atoms with E-state index in [1.54, 1.807) is 24.3 Å². The van der Waals surface area contributed by atoms with Crippen molar-refractivity contribution in [2.75, 3.05) is 5.32 Å². The molecule has 2 aromatic heterocycles. The average Bonchev–Trinajstić information content (AvgIpc) is 3.43. The van der Waals surface area contributed by atoms with E-state index in [9.17, 15) is 4.79 Å². The minimum Gasteiger partial charge on any atom is -0.451 e. The summed E-state index contributed by atoms with van der Waals surface area (Å²) >= 11 is 2.26. The van der Waals surface area contributed by atoms with Crippen LogP contribution in [0, 0.1) is 17.4 Å². The summed E-state index contributed by atoms with van der Waals surface area (Å²) in [6.45, 7) is 4.12. The zero-order valence-electron chi connectivity index (χ0n) is 17.5. The molecule has 5 nitrogen and oxygen atoms in total. The highest BCUT2D eigenvalue weighted by Crippen LogP contribution is 2.28. The van der Waals surface area contributed by atoms with Crippen molar-refractivity contribution in [3.8, 4) is 22.8 Å². The molecule has 2 heterocycles.